The maximum Gasteiger partial charge on any atom is 0.322 e. The van der Waals surface area contributed by atoms with Crippen LogP contribution in [-0.2, 0) is 11.3 Å². The van der Waals surface area contributed by atoms with Crippen molar-refractivity contribution in [3.05, 3.63) is 89.9 Å². The fourth-order valence-corrected chi connectivity index (χ4v) is 3.94. The Kier molecular flexibility index (Phi) is 6.49. The van der Waals surface area contributed by atoms with E-state index in [1.54, 1.807) is 17.0 Å². The highest BCUT2D eigenvalue weighted by Gasteiger charge is 2.35. The first kappa shape index (κ1) is 21.5. The Bertz CT molecular complexity index is 1070. The molecule has 2 aromatic carbocycles. The summed E-state index contributed by atoms with van der Waals surface area (Å²) in [5, 5.41) is 5.36. The summed E-state index contributed by atoms with van der Waals surface area (Å²) in [5.41, 5.74) is 0.810. The maximum atomic E-state index is 14.1. The number of piperidine rings is 1. The van der Waals surface area contributed by atoms with Crippen LogP contribution in [-0.4, -0.2) is 23.4 Å². The van der Waals surface area contributed by atoms with E-state index < -0.39 is 23.6 Å². The molecule has 0 saturated carbocycles. The van der Waals surface area contributed by atoms with E-state index >= 15 is 0 Å². The van der Waals surface area contributed by atoms with Gasteiger partial charge in [0.05, 0.1) is 30.5 Å². The van der Waals surface area contributed by atoms with Crippen LogP contribution in [0.25, 0.3) is 0 Å². The lowest BCUT2D eigenvalue weighted by Crippen LogP contribution is -2.48. The number of hydrogen-bond donors (Lipinski definition) is 2. The Morgan fingerprint density at radius 1 is 1.03 bits per heavy atom. The van der Waals surface area contributed by atoms with Crippen molar-refractivity contribution in [3.8, 4) is 0 Å². The van der Waals surface area contributed by atoms with Gasteiger partial charge in [-0.15, -0.1) is 0 Å². The second kappa shape index (κ2) is 9.64. The van der Waals surface area contributed by atoms with E-state index in [2.05, 4.69) is 10.6 Å². The highest BCUT2D eigenvalue weighted by molar-refractivity contribution is 5.90. The number of hydrogen-bond acceptors (Lipinski definition) is 3. The summed E-state index contributed by atoms with van der Waals surface area (Å²) < 4.78 is 32.6. The standard InChI is InChI=1S/C24H23F2N3O3/c25-18-9-10-21(20(26)13-18)28-24(31)29-15-17(23(30)27-14-19-7-4-12-32-19)8-11-22(29)16-5-2-1-3-6-16/h1-7,9-10,12-13,17,22H,8,11,14-15H2,(H,27,30)(H,28,31)/t17-,22-/m0/s1. The van der Waals surface area contributed by atoms with Crippen molar-refractivity contribution in [3.63, 3.8) is 0 Å². The Morgan fingerprint density at radius 2 is 1.84 bits per heavy atom. The number of nitrogens with one attached hydrogen (secondary N) is 2. The number of likely N-dealkylation sites (tertiary alicyclic amines) is 1. The number of nitrogens with zero attached hydrogens (tertiary/aromatic N) is 1. The van der Waals surface area contributed by atoms with Gasteiger partial charge in [-0.3, -0.25) is 4.79 Å². The SMILES string of the molecule is O=C(NCc1ccco1)[C@H]1CC[C@@H](c2ccccc2)N(C(=O)Nc2ccc(F)cc2F)C1. The third kappa shape index (κ3) is 4.96. The molecule has 32 heavy (non-hydrogen) atoms. The molecule has 6 nitrogen and oxygen atoms in total. The van der Waals surface area contributed by atoms with Crippen molar-refractivity contribution in [2.75, 3.05) is 11.9 Å². The first-order valence-corrected chi connectivity index (χ1v) is 10.4. The van der Waals surface area contributed by atoms with Crippen LogP contribution in [0.4, 0.5) is 19.3 Å². The summed E-state index contributed by atoms with van der Waals surface area (Å²) in [5.74, 6) is -1.56. The third-order valence-corrected chi connectivity index (χ3v) is 5.59. The second-order valence-corrected chi connectivity index (χ2v) is 7.70. The van der Waals surface area contributed by atoms with Crippen LogP contribution in [0.15, 0.2) is 71.3 Å². The molecule has 3 amide bonds. The molecule has 2 N–H and O–H groups in total. The summed E-state index contributed by atoms with van der Waals surface area (Å²) in [6, 6.07) is 15.1. The maximum absolute atomic E-state index is 14.1. The van der Waals surface area contributed by atoms with Crippen molar-refractivity contribution in [2.45, 2.75) is 25.4 Å². The number of carbonyl (C=O) groups excluding carboxylic acids is 2. The summed E-state index contributed by atoms with van der Waals surface area (Å²) in [4.78, 5) is 27.4. The van der Waals surface area contributed by atoms with Crippen LogP contribution in [0, 0.1) is 17.6 Å². The van der Waals surface area contributed by atoms with Crippen LogP contribution in [0.2, 0.25) is 0 Å². The number of urea groups is 1. The van der Waals surface area contributed by atoms with Crippen LogP contribution < -0.4 is 10.6 Å². The van der Waals surface area contributed by atoms with Gasteiger partial charge < -0.3 is 20.0 Å². The Labute approximate surface area is 184 Å². The minimum absolute atomic E-state index is 0.118. The zero-order valence-corrected chi connectivity index (χ0v) is 17.3. The second-order valence-electron chi connectivity index (χ2n) is 7.70. The summed E-state index contributed by atoms with van der Waals surface area (Å²) >= 11 is 0. The van der Waals surface area contributed by atoms with E-state index in [-0.39, 0.29) is 30.7 Å². The molecule has 1 aliphatic rings. The molecule has 2 heterocycles. The Balaban J connectivity index is 1.50. The van der Waals surface area contributed by atoms with Crippen molar-refractivity contribution in [1.29, 1.82) is 0 Å². The fourth-order valence-electron chi connectivity index (χ4n) is 3.94. The van der Waals surface area contributed by atoms with Gasteiger partial charge in [-0.25, -0.2) is 13.6 Å². The Morgan fingerprint density at radius 3 is 2.56 bits per heavy atom. The molecule has 0 bridgehead atoms. The number of amides is 3. The highest BCUT2D eigenvalue weighted by Crippen LogP contribution is 2.34. The van der Waals surface area contributed by atoms with Crippen molar-refractivity contribution in [2.24, 2.45) is 5.92 Å². The van der Waals surface area contributed by atoms with Crippen LogP contribution in [0.1, 0.15) is 30.2 Å². The molecule has 1 aromatic heterocycles. The average molecular weight is 439 g/mol. The van der Waals surface area contributed by atoms with Gasteiger partial charge in [0.15, 0.2) is 0 Å². The lowest BCUT2D eigenvalue weighted by Gasteiger charge is -2.39. The normalized spacial score (nSPS) is 18.2. The first-order chi connectivity index (χ1) is 15.5. The molecule has 2 atom stereocenters. The van der Waals surface area contributed by atoms with Gasteiger partial charge in [0.2, 0.25) is 5.91 Å². The lowest BCUT2D eigenvalue weighted by atomic mass is 9.88. The van der Waals surface area contributed by atoms with Crippen LogP contribution in [0.5, 0.6) is 0 Å². The fraction of sp³-hybridized carbons (Fsp3) is 0.250. The smallest absolute Gasteiger partial charge is 0.322 e. The largest absolute Gasteiger partial charge is 0.467 e. The Hall–Kier alpha value is -3.68. The van der Waals surface area contributed by atoms with Gasteiger partial charge in [-0.05, 0) is 42.7 Å². The molecule has 0 spiro atoms. The van der Waals surface area contributed by atoms with E-state index in [0.29, 0.717) is 24.7 Å². The van der Waals surface area contributed by atoms with Gasteiger partial charge in [0.1, 0.15) is 17.4 Å². The summed E-state index contributed by atoms with van der Waals surface area (Å²) in [7, 11) is 0. The predicted molar refractivity (Wildman–Crippen MR) is 115 cm³/mol. The molecule has 0 unspecified atom stereocenters. The van der Waals surface area contributed by atoms with E-state index in [4.69, 9.17) is 4.42 Å². The molecular formula is C24H23F2N3O3. The highest BCUT2D eigenvalue weighted by atomic mass is 19.1. The molecule has 1 aliphatic heterocycles. The zero-order valence-electron chi connectivity index (χ0n) is 17.3. The van der Waals surface area contributed by atoms with Crippen LogP contribution >= 0.6 is 0 Å². The molecule has 1 saturated heterocycles. The summed E-state index contributed by atoms with van der Waals surface area (Å²) in [6.45, 7) is 0.426. The molecule has 0 radical (unpaired) electrons. The molecule has 0 aliphatic carbocycles. The van der Waals surface area contributed by atoms with E-state index in [1.807, 2.05) is 30.3 Å². The van der Waals surface area contributed by atoms with Crippen molar-refractivity contribution < 1.29 is 22.8 Å². The van der Waals surface area contributed by atoms with Gasteiger partial charge >= 0.3 is 6.03 Å². The van der Waals surface area contributed by atoms with E-state index in [9.17, 15) is 18.4 Å². The van der Waals surface area contributed by atoms with Crippen molar-refractivity contribution in [1.82, 2.24) is 10.2 Å². The number of anilines is 1. The third-order valence-electron chi connectivity index (χ3n) is 5.59. The van der Waals surface area contributed by atoms with Crippen molar-refractivity contribution >= 4 is 17.6 Å². The molecular weight excluding hydrogens is 416 g/mol. The van der Waals surface area contributed by atoms with Gasteiger partial charge in [0, 0.05) is 12.6 Å². The van der Waals surface area contributed by atoms with E-state index in [1.165, 1.54) is 12.3 Å². The summed E-state index contributed by atoms with van der Waals surface area (Å²) in [6.07, 6.45) is 2.70. The molecule has 3 aromatic rings. The number of halogens is 2. The predicted octanol–water partition coefficient (Wildman–Crippen LogP) is 4.86. The van der Waals surface area contributed by atoms with Gasteiger partial charge in [0.25, 0.3) is 0 Å². The number of benzene rings is 2. The minimum atomic E-state index is -0.862. The number of rotatable bonds is 5. The molecule has 4 rings (SSSR count). The van der Waals surface area contributed by atoms with E-state index in [0.717, 1.165) is 11.6 Å². The molecule has 1 fully saturated rings. The zero-order chi connectivity index (χ0) is 22.5. The number of carbonyl (C=O) groups is 2. The van der Waals surface area contributed by atoms with Crippen LogP contribution in [0.3, 0.4) is 0 Å². The minimum Gasteiger partial charge on any atom is -0.467 e. The van der Waals surface area contributed by atoms with Gasteiger partial charge in [-0.1, -0.05) is 30.3 Å². The lowest BCUT2D eigenvalue weighted by molar-refractivity contribution is -0.127. The monoisotopic (exact) mass is 439 g/mol. The molecule has 8 heteroatoms. The average Bonchev–Trinajstić information content (AvgIpc) is 3.33. The number of furan rings is 1. The quantitative estimate of drug-likeness (QED) is 0.596. The topological polar surface area (TPSA) is 74.6 Å². The molecule has 166 valence electrons. The first-order valence-electron chi connectivity index (χ1n) is 10.4. The van der Waals surface area contributed by atoms with Gasteiger partial charge in [-0.2, -0.15) is 0 Å².